The zero-order chi connectivity index (χ0) is 11.8. The van der Waals surface area contributed by atoms with Crippen molar-refractivity contribution >= 4 is 11.9 Å². The molecule has 0 aliphatic heterocycles. The Hall–Kier alpha value is -1.10. The van der Waals surface area contributed by atoms with E-state index in [1.165, 1.54) is 0 Å². The SMILES string of the molecule is CCC(CNC(=O)[C@@H](N)CC)CC(=O)O. The van der Waals surface area contributed by atoms with Gasteiger partial charge in [-0.05, 0) is 12.3 Å². The van der Waals surface area contributed by atoms with Gasteiger partial charge in [0.05, 0.1) is 6.04 Å². The van der Waals surface area contributed by atoms with Gasteiger partial charge in [-0.15, -0.1) is 0 Å². The number of nitrogens with two attached hydrogens (primary N) is 1. The monoisotopic (exact) mass is 216 g/mol. The van der Waals surface area contributed by atoms with Gasteiger partial charge in [0.15, 0.2) is 0 Å². The van der Waals surface area contributed by atoms with Gasteiger partial charge in [-0.1, -0.05) is 20.3 Å². The van der Waals surface area contributed by atoms with Gasteiger partial charge < -0.3 is 16.2 Å². The van der Waals surface area contributed by atoms with Crippen molar-refractivity contribution in [1.29, 1.82) is 0 Å². The van der Waals surface area contributed by atoms with Crippen molar-refractivity contribution in [2.24, 2.45) is 11.7 Å². The number of carboxylic acid groups (broad SMARTS) is 1. The summed E-state index contributed by atoms with van der Waals surface area (Å²) >= 11 is 0. The highest BCUT2D eigenvalue weighted by atomic mass is 16.4. The predicted octanol–water partition coefficient (Wildman–Crippen LogP) is 0.341. The molecule has 4 N–H and O–H groups in total. The zero-order valence-corrected chi connectivity index (χ0v) is 9.32. The van der Waals surface area contributed by atoms with Crippen molar-refractivity contribution in [3.8, 4) is 0 Å². The molecule has 0 aliphatic rings. The second-order valence-electron chi connectivity index (χ2n) is 3.63. The van der Waals surface area contributed by atoms with Crippen LogP contribution in [0.1, 0.15) is 33.1 Å². The van der Waals surface area contributed by atoms with E-state index in [0.717, 1.165) is 6.42 Å². The van der Waals surface area contributed by atoms with E-state index in [4.69, 9.17) is 10.8 Å². The van der Waals surface area contributed by atoms with E-state index < -0.39 is 12.0 Å². The van der Waals surface area contributed by atoms with E-state index >= 15 is 0 Å². The second kappa shape index (κ2) is 7.23. The summed E-state index contributed by atoms with van der Waals surface area (Å²) in [5, 5.41) is 11.3. The Labute approximate surface area is 90.0 Å². The molecule has 0 fully saturated rings. The van der Waals surface area contributed by atoms with Crippen LogP contribution in [0, 0.1) is 5.92 Å². The van der Waals surface area contributed by atoms with E-state index in [0.29, 0.717) is 13.0 Å². The van der Waals surface area contributed by atoms with Crippen LogP contribution in [0.4, 0.5) is 0 Å². The van der Waals surface area contributed by atoms with Crippen LogP contribution in [0.25, 0.3) is 0 Å². The van der Waals surface area contributed by atoms with Crippen molar-refractivity contribution in [2.75, 3.05) is 6.54 Å². The average Bonchev–Trinajstić information content (AvgIpc) is 2.21. The van der Waals surface area contributed by atoms with E-state index in [-0.39, 0.29) is 18.2 Å². The molecule has 0 aliphatic carbocycles. The summed E-state index contributed by atoms with van der Waals surface area (Å²) < 4.78 is 0. The van der Waals surface area contributed by atoms with Crippen molar-refractivity contribution in [3.63, 3.8) is 0 Å². The molecule has 0 saturated carbocycles. The first kappa shape index (κ1) is 13.9. The van der Waals surface area contributed by atoms with E-state index in [1.54, 1.807) is 0 Å². The number of hydrogen-bond donors (Lipinski definition) is 3. The predicted molar refractivity (Wildman–Crippen MR) is 57.3 cm³/mol. The number of aliphatic carboxylic acids is 1. The molecule has 0 radical (unpaired) electrons. The van der Waals surface area contributed by atoms with Crippen molar-refractivity contribution in [1.82, 2.24) is 5.32 Å². The minimum atomic E-state index is -0.837. The fourth-order valence-corrected chi connectivity index (χ4v) is 1.17. The molecule has 2 atom stereocenters. The number of rotatable bonds is 7. The molecule has 5 nitrogen and oxygen atoms in total. The molecule has 88 valence electrons. The van der Waals surface area contributed by atoms with Gasteiger partial charge in [0.2, 0.25) is 5.91 Å². The fraction of sp³-hybridized carbons (Fsp3) is 0.800. The minimum absolute atomic E-state index is 0.0180. The molecule has 1 amide bonds. The van der Waals surface area contributed by atoms with E-state index in [2.05, 4.69) is 5.32 Å². The molecular formula is C10H20N2O3. The Balaban J connectivity index is 3.89. The molecule has 0 aromatic heterocycles. The number of amides is 1. The molecule has 0 bridgehead atoms. The lowest BCUT2D eigenvalue weighted by Crippen LogP contribution is -2.42. The van der Waals surface area contributed by atoms with Gasteiger partial charge in [0.25, 0.3) is 0 Å². The molecule has 0 rings (SSSR count). The zero-order valence-electron chi connectivity index (χ0n) is 9.32. The molecule has 1 unspecified atom stereocenters. The Morgan fingerprint density at radius 2 is 1.93 bits per heavy atom. The summed E-state index contributed by atoms with van der Waals surface area (Å²) in [5.41, 5.74) is 5.52. The van der Waals surface area contributed by atoms with Crippen molar-refractivity contribution < 1.29 is 14.7 Å². The normalized spacial score (nSPS) is 14.3. The standard InChI is InChI=1S/C10H20N2O3/c1-3-7(5-9(13)14)6-12-10(15)8(11)4-2/h7-8H,3-6,11H2,1-2H3,(H,12,15)(H,13,14)/t7?,8-/m0/s1. The van der Waals surface area contributed by atoms with Crippen molar-refractivity contribution in [2.45, 2.75) is 39.2 Å². The summed E-state index contributed by atoms with van der Waals surface area (Å²) in [5.74, 6) is -1.06. The number of carbonyl (C=O) groups is 2. The van der Waals surface area contributed by atoms with Crippen molar-refractivity contribution in [3.05, 3.63) is 0 Å². The number of nitrogens with one attached hydrogen (secondary N) is 1. The Kier molecular flexibility index (Phi) is 6.70. The highest BCUT2D eigenvalue weighted by molar-refractivity contribution is 5.81. The molecular weight excluding hydrogens is 196 g/mol. The van der Waals surface area contributed by atoms with Crippen LogP contribution in [0.2, 0.25) is 0 Å². The quantitative estimate of drug-likeness (QED) is 0.572. The first-order valence-electron chi connectivity index (χ1n) is 5.26. The Morgan fingerprint density at radius 1 is 1.33 bits per heavy atom. The maximum atomic E-state index is 11.3. The minimum Gasteiger partial charge on any atom is -0.481 e. The highest BCUT2D eigenvalue weighted by Gasteiger charge is 2.15. The smallest absolute Gasteiger partial charge is 0.303 e. The molecule has 15 heavy (non-hydrogen) atoms. The number of hydrogen-bond acceptors (Lipinski definition) is 3. The third-order valence-corrected chi connectivity index (χ3v) is 2.38. The van der Waals surface area contributed by atoms with Gasteiger partial charge in [0.1, 0.15) is 0 Å². The summed E-state index contributed by atoms with van der Waals surface area (Å²) in [4.78, 5) is 21.8. The lowest BCUT2D eigenvalue weighted by molar-refractivity contribution is -0.138. The van der Waals surface area contributed by atoms with E-state index in [1.807, 2.05) is 13.8 Å². The lowest BCUT2D eigenvalue weighted by atomic mass is 10.0. The second-order valence-corrected chi connectivity index (χ2v) is 3.63. The van der Waals surface area contributed by atoms with Gasteiger partial charge in [0, 0.05) is 13.0 Å². The maximum Gasteiger partial charge on any atom is 0.303 e. The van der Waals surface area contributed by atoms with Gasteiger partial charge >= 0.3 is 5.97 Å². The van der Waals surface area contributed by atoms with Gasteiger partial charge in [-0.3, -0.25) is 9.59 Å². The van der Waals surface area contributed by atoms with Gasteiger partial charge in [-0.2, -0.15) is 0 Å². The number of carbonyl (C=O) groups excluding carboxylic acids is 1. The molecule has 5 heteroatoms. The summed E-state index contributed by atoms with van der Waals surface area (Å²) in [6, 6.07) is -0.493. The summed E-state index contributed by atoms with van der Waals surface area (Å²) in [7, 11) is 0. The maximum absolute atomic E-state index is 11.3. The van der Waals surface area contributed by atoms with Crippen LogP contribution in [0.5, 0.6) is 0 Å². The van der Waals surface area contributed by atoms with Crippen LogP contribution in [-0.4, -0.2) is 29.6 Å². The summed E-state index contributed by atoms with van der Waals surface area (Å²) in [6.45, 7) is 4.12. The highest BCUT2D eigenvalue weighted by Crippen LogP contribution is 2.06. The van der Waals surface area contributed by atoms with Crippen LogP contribution >= 0.6 is 0 Å². The van der Waals surface area contributed by atoms with E-state index in [9.17, 15) is 9.59 Å². The Morgan fingerprint density at radius 3 is 2.33 bits per heavy atom. The third kappa shape index (κ3) is 6.06. The van der Waals surface area contributed by atoms with Crippen LogP contribution in [-0.2, 0) is 9.59 Å². The molecule has 0 saturated heterocycles. The van der Waals surface area contributed by atoms with Crippen LogP contribution < -0.4 is 11.1 Å². The van der Waals surface area contributed by atoms with Crippen LogP contribution in [0.15, 0.2) is 0 Å². The molecule has 0 spiro atoms. The first-order chi connectivity index (χ1) is 7.01. The fourth-order valence-electron chi connectivity index (χ4n) is 1.17. The lowest BCUT2D eigenvalue weighted by Gasteiger charge is -2.15. The van der Waals surface area contributed by atoms with Gasteiger partial charge in [-0.25, -0.2) is 0 Å². The third-order valence-electron chi connectivity index (χ3n) is 2.38. The number of carboxylic acids is 1. The van der Waals surface area contributed by atoms with Crippen LogP contribution in [0.3, 0.4) is 0 Å². The molecule has 0 heterocycles. The molecule has 0 aromatic carbocycles. The Bertz CT molecular complexity index is 219. The summed E-state index contributed by atoms with van der Waals surface area (Å²) in [6.07, 6.45) is 1.40. The molecule has 0 aromatic rings. The average molecular weight is 216 g/mol. The largest absolute Gasteiger partial charge is 0.481 e. The first-order valence-corrected chi connectivity index (χ1v) is 5.26. The topological polar surface area (TPSA) is 92.4 Å².